The highest BCUT2D eigenvalue weighted by Crippen LogP contribution is 2.19. The molecule has 0 bridgehead atoms. The molecule has 0 aliphatic heterocycles. The summed E-state index contributed by atoms with van der Waals surface area (Å²) in [5.41, 5.74) is 1.07. The van der Waals surface area contributed by atoms with Crippen LogP contribution in [0.1, 0.15) is 30.3 Å². The number of hydrogen-bond acceptors (Lipinski definition) is 4. The Labute approximate surface area is 88.1 Å². The molecular weight excluding hydrogens is 196 g/mol. The van der Waals surface area contributed by atoms with E-state index >= 15 is 0 Å². The molecular formula is C11H14O4. The molecule has 4 nitrogen and oxygen atoms in total. The van der Waals surface area contributed by atoms with Crippen molar-refractivity contribution < 1.29 is 19.7 Å². The van der Waals surface area contributed by atoms with Gasteiger partial charge in [0.15, 0.2) is 6.10 Å². The van der Waals surface area contributed by atoms with Gasteiger partial charge in [-0.05, 0) is 18.1 Å². The third kappa shape index (κ3) is 2.78. The third-order valence-corrected chi connectivity index (χ3v) is 2.13. The Morgan fingerprint density at radius 1 is 1.33 bits per heavy atom. The molecule has 0 aliphatic carbocycles. The molecule has 1 aromatic rings. The zero-order chi connectivity index (χ0) is 11.4. The maximum absolute atomic E-state index is 11.1. The maximum Gasteiger partial charge on any atom is 0.339 e. The molecule has 0 amide bonds. The van der Waals surface area contributed by atoms with Crippen molar-refractivity contribution in [2.24, 2.45) is 0 Å². The van der Waals surface area contributed by atoms with E-state index in [1.807, 2.05) is 0 Å². The van der Waals surface area contributed by atoms with Gasteiger partial charge < -0.3 is 14.9 Å². The van der Waals surface area contributed by atoms with Gasteiger partial charge in [0.05, 0.1) is 13.2 Å². The van der Waals surface area contributed by atoms with Gasteiger partial charge in [0.2, 0.25) is 0 Å². The minimum Gasteiger partial charge on any atom is -0.467 e. The second-order valence-electron chi connectivity index (χ2n) is 3.27. The first-order valence-electron chi connectivity index (χ1n) is 4.60. The normalized spacial score (nSPS) is 14.4. The van der Waals surface area contributed by atoms with Gasteiger partial charge in [0, 0.05) is 0 Å². The van der Waals surface area contributed by atoms with Crippen LogP contribution < -0.4 is 0 Å². The van der Waals surface area contributed by atoms with E-state index in [1.165, 1.54) is 7.11 Å². The fourth-order valence-corrected chi connectivity index (χ4v) is 1.24. The summed E-state index contributed by atoms with van der Waals surface area (Å²) < 4.78 is 4.42. The lowest BCUT2D eigenvalue weighted by atomic mass is 10.0. The zero-order valence-corrected chi connectivity index (χ0v) is 8.68. The number of ether oxygens (including phenoxy) is 1. The first-order chi connectivity index (χ1) is 7.06. The molecule has 0 heterocycles. The van der Waals surface area contributed by atoms with Crippen LogP contribution in [0.25, 0.3) is 0 Å². The summed E-state index contributed by atoms with van der Waals surface area (Å²) in [6.45, 7) is 1.61. The van der Waals surface area contributed by atoms with Gasteiger partial charge in [-0.25, -0.2) is 4.79 Å². The van der Waals surface area contributed by atoms with Crippen molar-refractivity contribution in [1.29, 1.82) is 0 Å². The molecule has 1 aromatic carbocycles. The van der Waals surface area contributed by atoms with Crippen LogP contribution >= 0.6 is 0 Å². The van der Waals surface area contributed by atoms with Gasteiger partial charge in [-0.15, -0.1) is 0 Å². The molecule has 2 atom stereocenters. The summed E-state index contributed by atoms with van der Waals surface area (Å²) in [6.07, 6.45) is -1.93. The Morgan fingerprint density at radius 3 is 2.47 bits per heavy atom. The maximum atomic E-state index is 11.1. The molecule has 0 saturated heterocycles. The minimum absolute atomic E-state index is 0.417. The number of aliphatic hydroxyl groups is 2. The summed E-state index contributed by atoms with van der Waals surface area (Å²) in [5, 5.41) is 18.9. The summed E-state index contributed by atoms with van der Waals surface area (Å²) in [6, 6.07) is 6.57. The van der Waals surface area contributed by atoms with Crippen molar-refractivity contribution in [2.75, 3.05) is 7.11 Å². The van der Waals surface area contributed by atoms with Gasteiger partial charge in [0.1, 0.15) is 0 Å². The van der Waals surface area contributed by atoms with E-state index in [4.69, 9.17) is 0 Å². The van der Waals surface area contributed by atoms with Crippen molar-refractivity contribution in [2.45, 2.75) is 19.1 Å². The fourth-order valence-electron chi connectivity index (χ4n) is 1.24. The summed E-state index contributed by atoms with van der Waals surface area (Å²) >= 11 is 0. The van der Waals surface area contributed by atoms with Crippen LogP contribution in [0.2, 0.25) is 0 Å². The summed E-state index contributed by atoms with van der Waals surface area (Å²) in [4.78, 5) is 11.1. The van der Waals surface area contributed by atoms with E-state index < -0.39 is 18.2 Å². The molecule has 15 heavy (non-hydrogen) atoms. The minimum atomic E-state index is -1.30. The summed E-state index contributed by atoms with van der Waals surface area (Å²) in [5.74, 6) is -0.710. The molecule has 4 heteroatoms. The van der Waals surface area contributed by atoms with Crippen LogP contribution in [0.3, 0.4) is 0 Å². The first kappa shape index (κ1) is 11.7. The van der Waals surface area contributed by atoms with Crippen LogP contribution in [0.5, 0.6) is 0 Å². The molecule has 0 radical (unpaired) electrons. The Balaban J connectivity index is 2.95. The molecule has 2 N–H and O–H groups in total. The smallest absolute Gasteiger partial charge is 0.339 e. The van der Waals surface area contributed by atoms with E-state index in [2.05, 4.69) is 4.74 Å². The highest BCUT2D eigenvalue weighted by molar-refractivity contribution is 5.76. The van der Waals surface area contributed by atoms with Crippen molar-refractivity contribution in [1.82, 2.24) is 0 Å². The number of rotatable bonds is 3. The molecule has 0 saturated carbocycles. The van der Waals surface area contributed by atoms with Crippen LogP contribution in [0.4, 0.5) is 0 Å². The number of methoxy groups -OCH3 is 1. The molecule has 82 valence electrons. The topological polar surface area (TPSA) is 66.8 Å². The average molecular weight is 210 g/mol. The van der Waals surface area contributed by atoms with Gasteiger partial charge in [-0.1, -0.05) is 24.3 Å². The number of carbonyl (C=O) groups excluding carboxylic acids is 1. The Morgan fingerprint density at radius 2 is 1.93 bits per heavy atom. The van der Waals surface area contributed by atoms with Gasteiger partial charge in [0.25, 0.3) is 0 Å². The third-order valence-electron chi connectivity index (χ3n) is 2.13. The standard InChI is InChI=1S/C11H14O4/c1-7(12)8-4-3-5-9(6-8)10(13)11(14)15-2/h3-7,10,12-13H,1-2H3. The van der Waals surface area contributed by atoms with Crippen molar-refractivity contribution >= 4 is 5.97 Å². The highest BCUT2D eigenvalue weighted by Gasteiger charge is 2.18. The monoisotopic (exact) mass is 210 g/mol. The van der Waals surface area contributed by atoms with E-state index in [0.29, 0.717) is 11.1 Å². The Hall–Kier alpha value is -1.39. The van der Waals surface area contributed by atoms with E-state index in [0.717, 1.165) is 0 Å². The molecule has 0 fully saturated rings. The number of aliphatic hydroxyl groups excluding tert-OH is 2. The van der Waals surface area contributed by atoms with Crippen molar-refractivity contribution in [3.8, 4) is 0 Å². The van der Waals surface area contributed by atoms with Crippen LogP contribution in [0, 0.1) is 0 Å². The van der Waals surface area contributed by atoms with Crippen molar-refractivity contribution in [3.63, 3.8) is 0 Å². The average Bonchev–Trinajstić information content (AvgIpc) is 2.27. The molecule has 0 aliphatic rings. The quantitative estimate of drug-likeness (QED) is 0.729. The van der Waals surface area contributed by atoms with Crippen LogP contribution in [-0.4, -0.2) is 23.3 Å². The van der Waals surface area contributed by atoms with Gasteiger partial charge >= 0.3 is 5.97 Å². The molecule has 0 spiro atoms. The lowest BCUT2D eigenvalue weighted by Crippen LogP contribution is -2.13. The van der Waals surface area contributed by atoms with E-state index in [-0.39, 0.29) is 0 Å². The lowest BCUT2D eigenvalue weighted by molar-refractivity contribution is -0.150. The van der Waals surface area contributed by atoms with Crippen LogP contribution in [0.15, 0.2) is 24.3 Å². The van der Waals surface area contributed by atoms with E-state index in [1.54, 1.807) is 31.2 Å². The molecule has 1 rings (SSSR count). The van der Waals surface area contributed by atoms with E-state index in [9.17, 15) is 15.0 Å². The Bertz CT molecular complexity index is 346. The predicted molar refractivity (Wildman–Crippen MR) is 54.1 cm³/mol. The zero-order valence-electron chi connectivity index (χ0n) is 8.68. The van der Waals surface area contributed by atoms with Gasteiger partial charge in [-0.3, -0.25) is 0 Å². The largest absolute Gasteiger partial charge is 0.467 e. The fraction of sp³-hybridized carbons (Fsp3) is 0.364. The number of benzene rings is 1. The second-order valence-corrected chi connectivity index (χ2v) is 3.27. The lowest BCUT2D eigenvalue weighted by Gasteiger charge is -2.11. The van der Waals surface area contributed by atoms with Crippen LogP contribution in [-0.2, 0) is 9.53 Å². The summed E-state index contributed by atoms with van der Waals surface area (Å²) in [7, 11) is 1.21. The highest BCUT2D eigenvalue weighted by atomic mass is 16.5. The number of carbonyl (C=O) groups is 1. The first-order valence-corrected chi connectivity index (χ1v) is 4.60. The number of esters is 1. The predicted octanol–water partition coefficient (Wildman–Crippen LogP) is 0.946. The molecule has 2 unspecified atom stereocenters. The molecule has 0 aromatic heterocycles. The van der Waals surface area contributed by atoms with Gasteiger partial charge in [-0.2, -0.15) is 0 Å². The number of hydrogen-bond donors (Lipinski definition) is 2. The Kier molecular flexibility index (Phi) is 3.82. The van der Waals surface area contributed by atoms with Crippen molar-refractivity contribution in [3.05, 3.63) is 35.4 Å². The SMILES string of the molecule is COC(=O)C(O)c1cccc(C(C)O)c1. The second kappa shape index (κ2) is 4.91.